The average Bonchev–Trinajstić information content (AvgIpc) is 3.40. The second-order valence-corrected chi connectivity index (χ2v) is 8.33. The third-order valence-corrected chi connectivity index (χ3v) is 5.80. The first-order valence-corrected chi connectivity index (χ1v) is 10.6. The Morgan fingerprint density at radius 2 is 1.81 bits per heavy atom. The molecule has 1 aliphatic rings. The molecule has 1 unspecified atom stereocenters. The number of nitro groups is 1. The number of imide groups is 1. The molecule has 0 aliphatic carbocycles. The van der Waals surface area contributed by atoms with Gasteiger partial charge >= 0.3 is 0 Å². The Labute approximate surface area is 195 Å². The van der Waals surface area contributed by atoms with Crippen LogP contribution < -0.4 is 4.90 Å². The van der Waals surface area contributed by atoms with E-state index in [0.717, 1.165) is 8.47 Å². The molecular formula is C22H16IN3O6. The van der Waals surface area contributed by atoms with Crippen LogP contribution in [0.4, 0.5) is 11.4 Å². The summed E-state index contributed by atoms with van der Waals surface area (Å²) in [5, 5.41) is 10.9. The molecule has 1 aliphatic heterocycles. The number of nitro benzene ring substituents is 1. The zero-order valence-corrected chi connectivity index (χ0v) is 18.7. The maximum Gasteiger partial charge on any atom is 0.269 e. The zero-order chi connectivity index (χ0) is 22.8. The third kappa shape index (κ3) is 4.26. The molecule has 1 aromatic heterocycles. The van der Waals surface area contributed by atoms with Gasteiger partial charge in [-0.05, 0) is 71.1 Å². The molecule has 0 saturated carbocycles. The summed E-state index contributed by atoms with van der Waals surface area (Å²) < 4.78 is 6.31. The monoisotopic (exact) mass is 545 g/mol. The lowest BCUT2D eigenvalue weighted by molar-refractivity contribution is -0.384. The molecule has 0 radical (unpaired) electrons. The number of hydrogen-bond donors (Lipinski definition) is 0. The van der Waals surface area contributed by atoms with Gasteiger partial charge in [0.15, 0.2) is 0 Å². The molecule has 2 aromatic carbocycles. The molecule has 3 aromatic rings. The van der Waals surface area contributed by atoms with Gasteiger partial charge in [0.2, 0.25) is 5.91 Å². The van der Waals surface area contributed by atoms with Crippen LogP contribution in [-0.2, 0) is 16.1 Å². The van der Waals surface area contributed by atoms with Crippen molar-refractivity contribution >= 4 is 51.7 Å². The fourth-order valence-electron chi connectivity index (χ4n) is 3.51. The molecule has 1 saturated heterocycles. The van der Waals surface area contributed by atoms with E-state index in [-0.39, 0.29) is 24.2 Å². The van der Waals surface area contributed by atoms with Gasteiger partial charge in [-0.1, -0.05) is 0 Å². The van der Waals surface area contributed by atoms with E-state index in [1.54, 1.807) is 36.4 Å². The zero-order valence-electron chi connectivity index (χ0n) is 16.5. The number of hydrogen-bond acceptors (Lipinski definition) is 6. The molecule has 0 spiro atoms. The van der Waals surface area contributed by atoms with Crippen LogP contribution in [0.1, 0.15) is 22.5 Å². The number of halogens is 1. The maximum atomic E-state index is 13.3. The lowest BCUT2D eigenvalue weighted by Crippen LogP contribution is -2.45. The van der Waals surface area contributed by atoms with Crippen molar-refractivity contribution in [3.63, 3.8) is 0 Å². The minimum absolute atomic E-state index is 0.0347. The van der Waals surface area contributed by atoms with Crippen molar-refractivity contribution in [2.24, 2.45) is 0 Å². The number of carbonyl (C=O) groups excluding carboxylic acids is 3. The van der Waals surface area contributed by atoms with E-state index in [4.69, 9.17) is 4.42 Å². The number of benzene rings is 2. The SMILES string of the molecule is O=C1CC(N(Cc2ccco2)C(=O)c2ccc([N+](=O)[O-])cc2)C(=O)N1c1ccc(I)cc1. The molecule has 4 rings (SSSR count). The Kier molecular flexibility index (Phi) is 6.04. The summed E-state index contributed by atoms with van der Waals surface area (Å²) in [4.78, 5) is 52.0. The largest absolute Gasteiger partial charge is 0.467 e. The molecule has 2 heterocycles. The Hall–Kier alpha value is -3.54. The summed E-state index contributed by atoms with van der Waals surface area (Å²) >= 11 is 2.12. The number of anilines is 1. The molecule has 3 amide bonds. The Balaban J connectivity index is 1.66. The van der Waals surface area contributed by atoms with Crippen molar-refractivity contribution in [1.82, 2.24) is 4.90 Å². The fourth-order valence-corrected chi connectivity index (χ4v) is 3.87. The van der Waals surface area contributed by atoms with Crippen molar-refractivity contribution < 1.29 is 23.7 Å². The second kappa shape index (κ2) is 8.91. The van der Waals surface area contributed by atoms with Gasteiger partial charge in [-0.25, -0.2) is 4.90 Å². The molecule has 9 nitrogen and oxygen atoms in total. The predicted octanol–water partition coefficient (Wildman–Crippen LogP) is 3.77. The van der Waals surface area contributed by atoms with Crippen molar-refractivity contribution in [3.8, 4) is 0 Å². The van der Waals surface area contributed by atoms with Gasteiger partial charge in [-0.3, -0.25) is 24.5 Å². The van der Waals surface area contributed by atoms with Gasteiger partial charge in [0.1, 0.15) is 11.8 Å². The molecular weight excluding hydrogens is 529 g/mol. The highest BCUT2D eigenvalue weighted by Crippen LogP contribution is 2.28. The number of carbonyl (C=O) groups is 3. The van der Waals surface area contributed by atoms with Gasteiger partial charge in [-0.15, -0.1) is 0 Å². The number of rotatable bonds is 6. The van der Waals surface area contributed by atoms with Crippen LogP contribution in [-0.4, -0.2) is 33.6 Å². The quantitative estimate of drug-likeness (QED) is 0.202. The summed E-state index contributed by atoms with van der Waals surface area (Å²) in [5.41, 5.74) is 0.440. The van der Waals surface area contributed by atoms with Crippen LogP contribution in [0.15, 0.2) is 71.3 Å². The number of furan rings is 1. The van der Waals surface area contributed by atoms with E-state index in [1.165, 1.54) is 35.4 Å². The van der Waals surface area contributed by atoms with Crippen LogP contribution in [0.25, 0.3) is 0 Å². The maximum absolute atomic E-state index is 13.3. The third-order valence-electron chi connectivity index (χ3n) is 5.08. The highest BCUT2D eigenvalue weighted by Gasteiger charge is 2.44. The minimum Gasteiger partial charge on any atom is -0.467 e. The van der Waals surface area contributed by atoms with Crippen LogP contribution >= 0.6 is 22.6 Å². The first kappa shape index (κ1) is 21.7. The normalized spacial score (nSPS) is 15.8. The van der Waals surface area contributed by atoms with Gasteiger partial charge in [-0.2, -0.15) is 0 Å². The summed E-state index contributed by atoms with van der Waals surface area (Å²) in [6.07, 6.45) is 1.27. The van der Waals surface area contributed by atoms with E-state index in [0.29, 0.717) is 11.4 Å². The van der Waals surface area contributed by atoms with Crippen molar-refractivity contribution in [1.29, 1.82) is 0 Å². The minimum atomic E-state index is -1.03. The highest BCUT2D eigenvalue weighted by atomic mass is 127. The molecule has 0 bridgehead atoms. The number of nitrogens with zero attached hydrogens (tertiary/aromatic N) is 3. The van der Waals surface area contributed by atoms with Crippen molar-refractivity contribution in [2.45, 2.75) is 19.0 Å². The fraction of sp³-hybridized carbons (Fsp3) is 0.136. The van der Waals surface area contributed by atoms with Gasteiger partial charge < -0.3 is 9.32 Å². The molecule has 162 valence electrons. The first-order valence-electron chi connectivity index (χ1n) is 9.55. The molecule has 1 atom stereocenters. The van der Waals surface area contributed by atoms with E-state index < -0.39 is 28.7 Å². The molecule has 1 fully saturated rings. The smallest absolute Gasteiger partial charge is 0.269 e. The molecule has 32 heavy (non-hydrogen) atoms. The molecule has 0 N–H and O–H groups in total. The van der Waals surface area contributed by atoms with Crippen LogP contribution in [0.3, 0.4) is 0 Å². The van der Waals surface area contributed by atoms with E-state index >= 15 is 0 Å². The number of non-ortho nitro benzene ring substituents is 1. The van der Waals surface area contributed by atoms with E-state index in [2.05, 4.69) is 22.6 Å². The summed E-state index contributed by atoms with van der Waals surface area (Å²) in [6.45, 7) is -0.0347. The second-order valence-electron chi connectivity index (χ2n) is 7.08. The van der Waals surface area contributed by atoms with Crippen LogP contribution in [0.2, 0.25) is 0 Å². The van der Waals surface area contributed by atoms with E-state index in [9.17, 15) is 24.5 Å². The average molecular weight is 545 g/mol. The predicted molar refractivity (Wildman–Crippen MR) is 122 cm³/mol. The van der Waals surface area contributed by atoms with Gasteiger partial charge in [0.05, 0.1) is 29.8 Å². The summed E-state index contributed by atoms with van der Waals surface area (Å²) in [7, 11) is 0. The Morgan fingerprint density at radius 1 is 1.12 bits per heavy atom. The van der Waals surface area contributed by atoms with E-state index in [1.807, 2.05) is 0 Å². The lowest BCUT2D eigenvalue weighted by atomic mass is 10.1. The van der Waals surface area contributed by atoms with Crippen LogP contribution in [0.5, 0.6) is 0 Å². The van der Waals surface area contributed by atoms with Gasteiger partial charge in [0, 0.05) is 21.3 Å². The summed E-state index contributed by atoms with van der Waals surface area (Å²) in [5.74, 6) is -1.03. The van der Waals surface area contributed by atoms with Crippen LogP contribution in [0, 0.1) is 13.7 Å². The molecule has 10 heteroatoms. The first-order chi connectivity index (χ1) is 15.3. The van der Waals surface area contributed by atoms with Gasteiger partial charge in [0.25, 0.3) is 17.5 Å². The Morgan fingerprint density at radius 3 is 2.41 bits per heavy atom. The standard InChI is InChI=1S/C22H16IN3O6/c23-15-5-9-16(10-6-15)25-20(27)12-19(22(25)29)24(13-18-2-1-11-32-18)21(28)14-3-7-17(8-4-14)26(30)31/h1-11,19H,12-13H2. The van der Waals surface area contributed by atoms with Crippen molar-refractivity contribution in [2.75, 3.05) is 4.90 Å². The van der Waals surface area contributed by atoms with Crippen molar-refractivity contribution in [3.05, 3.63) is 91.9 Å². The lowest BCUT2D eigenvalue weighted by Gasteiger charge is -2.27. The Bertz CT molecular complexity index is 1180. The number of amides is 3. The highest BCUT2D eigenvalue weighted by molar-refractivity contribution is 14.1. The summed E-state index contributed by atoms with van der Waals surface area (Å²) in [6, 6.07) is 14.3. The topological polar surface area (TPSA) is 114 Å².